The van der Waals surface area contributed by atoms with Crippen LogP contribution in [0, 0.1) is 0 Å². The zero-order chi connectivity index (χ0) is 21.1. The number of nitrogens with one attached hydrogen (secondary N) is 1. The fourth-order valence-corrected chi connectivity index (χ4v) is 3.27. The van der Waals surface area contributed by atoms with E-state index in [2.05, 4.69) is 15.6 Å². The van der Waals surface area contributed by atoms with E-state index in [1.807, 2.05) is 0 Å². The van der Waals surface area contributed by atoms with Gasteiger partial charge in [0, 0.05) is 12.5 Å². The van der Waals surface area contributed by atoms with Crippen LogP contribution in [0.15, 0.2) is 30.3 Å². The number of methoxy groups -OCH3 is 1. The first-order valence-corrected chi connectivity index (χ1v) is 8.87. The number of benzene rings is 1. The van der Waals surface area contributed by atoms with Crippen LogP contribution in [0.3, 0.4) is 0 Å². The molecule has 1 amide bonds. The average molecular weight is 406 g/mol. The lowest BCUT2D eigenvalue weighted by Gasteiger charge is -2.42. The highest BCUT2D eigenvalue weighted by Crippen LogP contribution is 2.33. The fraction of sp³-hybridized carbons (Fsp3) is 0.444. The monoisotopic (exact) mass is 406 g/mol. The van der Waals surface area contributed by atoms with Crippen LogP contribution in [0.2, 0.25) is 0 Å². The van der Waals surface area contributed by atoms with E-state index in [1.165, 1.54) is 18.7 Å². The third-order valence-electron chi connectivity index (χ3n) is 4.63. The van der Waals surface area contributed by atoms with E-state index in [9.17, 15) is 24.9 Å². The first-order chi connectivity index (χ1) is 13.9. The van der Waals surface area contributed by atoms with Crippen molar-refractivity contribution in [3.8, 4) is 11.3 Å². The molecule has 11 nitrogen and oxygen atoms in total. The van der Waals surface area contributed by atoms with Crippen molar-refractivity contribution in [2.75, 3.05) is 13.7 Å². The molecule has 1 fully saturated rings. The van der Waals surface area contributed by atoms with Gasteiger partial charge in [-0.3, -0.25) is 4.79 Å². The molecule has 156 valence electrons. The normalized spacial score (nSPS) is 26.7. The predicted molar refractivity (Wildman–Crippen MR) is 97.4 cm³/mol. The van der Waals surface area contributed by atoms with Crippen LogP contribution < -0.4 is 5.32 Å². The highest BCUT2D eigenvalue weighted by Gasteiger charge is 2.47. The minimum Gasteiger partial charge on any atom is -0.464 e. The van der Waals surface area contributed by atoms with Gasteiger partial charge in [0.25, 0.3) is 0 Å². The van der Waals surface area contributed by atoms with Crippen LogP contribution in [0.25, 0.3) is 11.3 Å². The van der Waals surface area contributed by atoms with Gasteiger partial charge < -0.3 is 30.1 Å². The van der Waals surface area contributed by atoms with E-state index < -0.39 is 49.1 Å². The van der Waals surface area contributed by atoms with Gasteiger partial charge in [-0.2, -0.15) is 0 Å². The lowest BCUT2D eigenvalue weighted by atomic mass is 9.95. The molecule has 4 N–H and O–H groups in total. The molecule has 1 saturated heterocycles. The number of aromatic nitrogens is 3. The summed E-state index contributed by atoms with van der Waals surface area (Å²) in [5, 5.41) is 40.7. The van der Waals surface area contributed by atoms with Gasteiger partial charge in [-0.05, 0) is 0 Å². The van der Waals surface area contributed by atoms with Gasteiger partial charge in [0.15, 0.2) is 11.9 Å². The van der Waals surface area contributed by atoms with E-state index >= 15 is 0 Å². The second kappa shape index (κ2) is 8.66. The standard InChI is InChI=1S/C18H22N4O7/c1-9(24)19-13-16(26)15(25)11(8-23)29-17(13)22-14(10-6-4-3-5-7-10)12(20-21-22)18(27)28-2/h3-7,11,13,15-17,23,25-26H,8H2,1-2H3,(H,19,24)/t11-,13-,15-,16-,17-/m1/s1. The summed E-state index contributed by atoms with van der Waals surface area (Å²) in [6.45, 7) is 0.661. The van der Waals surface area contributed by atoms with Crippen molar-refractivity contribution in [1.29, 1.82) is 0 Å². The molecule has 0 unspecified atom stereocenters. The van der Waals surface area contributed by atoms with Gasteiger partial charge in [-0.25, -0.2) is 9.48 Å². The topological polar surface area (TPSA) is 156 Å². The molecule has 0 radical (unpaired) electrons. The van der Waals surface area contributed by atoms with E-state index in [1.54, 1.807) is 30.3 Å². The van der Waals surface area contributed by atoms with Crippen molar-refractivity contribution in [2.24, 2.45) is 0 Å². The number of amides is 1. The Hall–Kier alpha value is -2.86. The Morgan fingerprint density at radius 2 is 1.93 bits per heavy atom. The molecule has 0 aliphatic carbocycles. The quantitative estimate of drug-likeness (QED) is 0.450. The molecule has 1 aromatic carbocycles. The number of hydrogen-bond donors (Lipinski definition) is 4. The molecule has 1 aliphatic rings. The van der Waals surface area contributed by atoms with Crippen LogP contribution >= 0.6 is 0 Å². The van der Waals surface area contributed by atoms with Crippen LogP contribution in [0.4, 0.5) is 0 Å². The summed E-state index contributed by atoms with van der Waals surface area (Å²) in [7, 11) is 1.20. The Balaban J connectivity index is 2.14. The van der Waals surface area contributed by atoms with Crippen molar-refractivity contribution in [1.82, 2.24) is 20.3 Å². The number of aliphatic hydroxyl groups excluding tert-OH is 3. The molecule has 0 saturated carbocycles. The largest absolute Gasteiger partial charge is 0.464 e. The second-order valence-electron chi connectivity index (χ2n) is 6.54. The Kier molecular flexibility index (Phi) is 6.23. The molecule has 29 heavy (non-hydrogen) atoms. The van der Waals surface area contributed by atoms with Crippen molar-refractivity contribution >= 4 is 11.9 Å². The summed E-state index contributed by atoms with van der Waals surface area (Å²) in [6.07, 6.45) is -5.23. The molecular formula is C18H22N4O7. The summed E-state index contributed by atoms with van der Waals surface area (Å²) < 4.78 is 11.7. The predicted octanol–water partition coefficient (Wildman–Crippen LogP) is -1.15. The molecular weight excluding hydrogens is 384 g/mol. The number of carbonyl (C=O) groups is 2. The Labute approximate surface area is 165 Å². The van der Waals surface area contributed by atoms with Gasteiger partial charge in [-0.1, -0.05) is 35.5 Å². The first kappa shape index (κ1) is 20.9. The zero-order valence-electron chi connectivity index (χ0n) is 15.8. The number of nitrogens with zero attached hydrogens (tertiary/aromatic N) is 3. The van der Waals surface area contributed by atoms with Gasteiger partial charge in [-0.15, -0.1) is 5.10 Å². The van der Waals surface area contributed by atoms with Gasteiger partial charge in [0.2, 0.25) is 5.91 Å². The minimum atomic E-state index is -1.47. The molecule has 2 heterocycles. The molecule has 0 bridgehead atoms. The third kappa shape index (κ3) is 3.98. The summed E-state index contributed by atoms with van der Waals surface area (Å²) in [5.74, 6) is -1.21. The second-order valence-corrected chi connectivity index (χ2v) is 6.54. The number of esters is 1. The Bertz CT molecular complexity index is 872. The van der Waals surface area contributed by atoms with E-state index in [0.29, 0.717) is 5.56 Å². The minimum absolute atomic E-state index is 0.0926. The molecule has 5 atom stereocenters. The van der Waals surface area contributed by atoms with Crippen molar-refractivity contribution < 1.29 is 34.4 Å². The Morgan fingerprint density at radius 3 is 2.52 bits per heavy atom. The fourth-order valence-electron chi connectivity index (χ4n) is 3.27. The number of rotatable bonds is 5. The highest BCUT2D eigenvalue weighted by molar-refractivity contribution is 5.94. The Morgan fingerprint density at radius 1 is 1.24 bits per heavy atom. The van der Waals surface area contributed by atoms with Crippen molar-refractivity contribution in [2.45, 2.75) is 37.5 Å². The molecule has 1 aliphatic heterocycles. The number of ether oxygens (including phenoxy) is 2. The van der Waals surface area contributed by atoms with Crippen LogP contribution in [-0.2, 0) is 14.3 Å². The SMILES string of the molecule is COC(=O)c1nnn([C@@H]2O[C@H](CO)[C@@H](O)[C@H](O)[C@H]2NC(C)=O)c1-c1ccccc1. The highest BCUT2D eigenvalue weighted by atomic mass is 16.5. The zero-order valence-corrected chi connectivity index (χ0v) is 15.8. The first-order valence-electron chi connectivity index (χ1n) is 8.87. The van der Waals surface area contributed by atoms with Gasteiger partial charge in [0.1, 0.15) is 30.0 Å². The summed E-state index contributed by atoms with van der Waals surface area (Å²) in [5.41, 5.74) is 0.701. The lowest BCUT2D eigenvalue weighted by molar-refractivity contribution is -0.219. The van der Waals surface area contributed by atoms with Crippen molar-refractivity contribution in [3.63, 3.8) is 0 Å². The maximum Gasteiger partial charge on any atom is 0.360 e. The molecule has 2 aromatic rings. The summed E-state index contributed by atoms with van der Waals surface area (Å²) in [4.78, 5) is 23.9. The third-order valence-corrected chi connectivity index (χ3v) is 4.63. The summed E-state index contributed by atoms with van der Waals surface area (Å²) in [6, 6.07) is 7.58. The molecule has 11 heteroatoms. The average Bonchev–Trinajstić information content (AvgIpc) is 3.16. The van der Waals surface area contributed by atoms with Crippen LogP contribution in [-0.4, -0.2) is 80.3 Å². The van der Waals surface area contributed by atoms with Crippen molar-refractivity contribution in [3.05, 3.63) is 36.0 Å². The van der Waals surface area contributed by atoms with Crippen LogP contribution in [0.5, 0.6) is 0 Å². The lowest BCUT2D eigenvalue weighted by Crippen LogP contribution is -2.62. The van der Waals surface area contributed by atoms with Crippen LogP contribution in [0.1, 0.15) is 23.6 Å². The number of carbonyl (C=O) groups excluding carboxylic acids is 2. The van der Waals surface area contributed by atoms with Gasteiger partial charge in [0.05, 0.1) is 13.7 Å². The molecule has 1 aromatic heterocycles. The number of hydrogen-bond acceptors (Lipinski definition) is 9. The van der Waals surface area contributed by atoms with Gasteiger partial charge >= 0.3 is 5.97 Å². The maximum absolute atomic E-state index is 12.2. The molecule has 3 rings (SSSR count). The molecule has 0 spiro atoms. The summed E-state index contributed by atoms with van der Waals surface area (Å²) >= 11 is 0. The number of aliphatic hydroxyl groups is 3. The maximum atomic E-state index is 12.2. The van der Waals surface area contributed by atoms with E-state index in [0.717, 1.165) is 0 Å². The van der Waals surface area contributed by atoms with E-state index in [4.69, 9.17) is 9.47 Å². The van der Waals surface area contributed by atoms with E-state index in [-0.39, 0.29) is 11.4 Å². The smallest absolute Gasteiger partial charge is 0.360 e.